The summed E-state index contributed by atoms with van der Waals surface area (Å²) in [5.41, 5.74) is 0. The summed E-state index contributed by atoms with van der Waals surface area (Å²) in [5, 5.41) is 26.7. The molecule has 0 spiro atoms. The van der Waals surface area contributed by atoms with E-state index in [2.05, 4.69) is 6.92 Å². The Labute approximate surface area is 177 Å². The highest BCUT2D eigenvalue weighted by Crippen LogP contribution is 2.20. The third-order valence-electron chi connectivity index (χ3n) is 5.31. The molecular formula is C23H44O6. The smallest absolute Gasteiger partial charge is 0.309 e. The zero-order valence-corrected chi connectivity index (χ0v) is 18.4. The Hall–Kier alpha value is -1.14. The molecule has 0 amide bonds. The van der Waals surface area contributed by atoms with Crippen LogP contribution in [0, 0.1) is 5.92 Å². The van der Waals surface area contributed by atoms with E-state index >= 15 is 0 Å². The van der Waals surface area contributed by atoms with E-state index in [1.165, 1.54) is 38.5 Å². The highest BCUT2D eigenvalue weighted by atomic mass is 16.5. The lowest BCUT2D eigenvalue weighted by Crippen LogP contribution is -2.25. The Bertz CT molecular complexity index is 399. The van der Waals surface area contributed by atoms with Crippen molar-refractivity contribution >= 4 is 11.9 Å². The number of aliphatic carboxylic acids is 1. The van der Waals surface area contributed by atoms with Gasteiger partial charge < -0.3 is 20.1 Å². The maximum atomic E-state index is 12.2. The number of ether oxygens (including phenoxy) is 1. The van der Waals surface area contributed by atoms with Gasteiger partial charge in [0.15, 0.2) is 0 Å². The number of carbonyl (C=O) groups excluding carboxylic acids is 1. The van der Waals surface area contributed by atoms with E-state index < -0.39 is 18.7 Å². The number of hydrogen-bond acceptors (Lipinski definition) is 5. The lowest BCUT2D eigenvalue weighted by atomic mass is 9.95. The lowest BCUT2D eigenvalue weighted by molar-refractivity contribution is -0.152. The molecule has 0 saturated carbocycles. The largest absolute Gasteiger partial charge is 0.481 e. The highest BCUT2D eigenvalue weighted by molar-refractivity contribution is 5.72. The van der Waals surface area contributed by atoms with Crippen molar-refractivity contribution < 1.29 is 29.6 Å². The number of carbonyl (C=O) groups is 2. The van der Waals surface area contributed by atoms with Gasteiger partial charge in [0, 0.05) is 6.42 Å². The molecule has 0 saturated heterocycles. The Kier molecular flexibility index (Phi) is 19.4. The summed E-state index contributed by atoms with van der Waals surface area (Å²) in [5.74, 6) is -1.03. The molecule has 0 rings (SSSR count). The van der Waals surface area contributed by atoms with Crippen LogP contribution in [-0.2, 0) is 14.3 Å². The van der Waals surface area contributed by atoms with Crippen LogP contribution >= 0.6 is 0 Å². The fraction of sp³-hybridized carbons (Fsp3) is 0.913. The molecule has 6 heteroatoms. The first-order valence-electron chi connectivity index (χ1n) is 11.7. The normalized spacial score (nSPS) is 13.2. The molecule has 6 nitrogen and oxygen atoms in total. The van der Waals surface area contributed by atoms with Crippen molar-refractivity contribution in [3.8, 4) is 0 Å². The summed E-state index contributed by atoms with van der Waals surface area (Å²) in [4.78, 5) is 22.6. The number of carboxylic acids is 1. The second-order valence-corrected chi connectivity index (χ2v) is 8.13. The maximum Gasteiger partial charge on any atom is 0.309 e. The first-order valence-corrected chi connectivity index (χ1v) is 11.7. The topological polar surface area (TPSA) is 104 Å². The molecule has 0 radical (unpaired) electrons. The van der Waals surface area contributed by atoms with Gasteiger partial charge in [0.1, 0.15) is 12.7 Å². The minimum Gasteiger partial charge on any atom is -0.481 e. The van der Waals surface area contributed by atoms with E-state index in [1.807, 2.05) is 0 Å². The van der Waals surface area contributed by atoms with E-state index in [-0.39, 0.29) is 18.5 Å². The van der Waals surface area contributed by atoms with E-state index in [1.54, 1.807) is 0 Å². The molecule has 0 aliphatic rings. The van der Waals surface area contributed by atoms with Gasteiger partial charge >= 0.3 is 11.9 Å². The van der Waals surface area contributed by atoms with Crippen LogP contribution < -0.4 is 0 Å². The van der Waals surface area contributed by atoms with Gasteiger partial charge in [-0.2, -0.15) is 0 Å². The average Bonchev–Trinajstić information content (AvgIpc) is 2.71. The van der Waals surface area contributed by atoms with Crippen molar-refractivity contribution in [3.63, 3.8) is 0 Å². The first kappa shape index (κ1) is 27.9. The van der Waals surface area contributed by atoms with Gasteiger partial charge in [-0.25, -0.2) is 0 Å². The van der Waals surface area contributed by atoms with Crippen LogP contribution in [0.5, 0.6) is 0 Å². The SMILES string of the molecule is CCCCC(CCCCCCCCCCCCCC(=O)O)C(=O)OCC(O)CO. The predicted octanol–water partition coefficient (Wildman–Crippen LogP) is 4.85. The lowest BCUT2D eigenvalue weighted by Gasteiger charge is -2.17. The second-order valence-electron chi connectivity index (χ2n) is 8.13. The summed E-state index contributed by atoms with van der Waals surface area (Å²) in [6.45, 7) is 1.59. The molecule has 2 unspecified atom stereocenters. The van der Waals surface area contributed by atoms with Gasteiger partial charge in [0.05, 0.1) is 12.5 Å². The van der Waals surface area contributed by atoms with Crippen molar-refractivity contribution in [2.24, 2.45) is 5.92 Å². The van der Waals surface area contributed by atoms with Gasteiger partial charge in [0.2, 0.25) is 0 Å². The maximum absolute atomic E-state index is 12.2. The van der Waals surface area contributed by atoms with Gasteiger partial charge in [-0.15, -0.1) is 0 Å². The Balaban J connectivity index is 3.66. The molecule has 0 aliphatic heterocycles. The fourth-order valence-electron chi connectivity index (χ4n) is 3.44. The number of carboxylic acid groups (broad SMARTS) is 1. The summed E-state index contributed by atoms with van der Waals surface area (Å²) in [6.07, 6.45) is 15.5. The molecule has 2 atom stereocenters. The van der Waals surface area contributed by atoms with Crippen molar-refractivity contribution in [2.75, 3.05) is 13.2 Å². The van der Waals surface area contributed by atoms with Gasteiger partial charge in [0.25, 0.3) is 0 Å². The van der Waals surface area contributed by atoms with Crippen LogP contribution in [0.1, 0.15) is 110 Å². The number of hydrogen-bond donors (Lipinski definition) is 3. The summed E-state index contributed by atoms with van der Waals surface area (Å²) >= 11 is 0. The van der Waals surface area contributed by atoms with Gasteiger partial charge in [-0.05, 0) is 19.3 Å². The fourth-order valence-corrected chi connectivity index (χ4v) is 3.44. The zero-order valence-electron chi connectivity index (χ0n) is 18.4. The monoisotopic (exact) mass is 416 g/mol. The second kappa shape index (κ2) is 20.1. The standard InChI is InChI=1S/C23H44O6/c1-2-3-15-20(23(28)29-19-21(25)18-24)16-13-11-9-7-5-4-6-8-10-12-14-17-22(26)27/h20-21,24-25H,2-19H2,1H3,(H,26,27). The van der Waals surface area contributed by atoms with Crippen LogP contribution in [0.4, 0.5) is 0 Å². The van der Waals surface area contributed by atoms with Crippen LogP contribution in [0.15, 0.2) is 0 Å². The highest BCUT2D eigenvalue weighted by Gasteiger charge is 2.20. The molecular weight excluding hydrogens is 372 g/mol. The van der Waals surface area contributed by atoms with E-state index in [9.17, 15) is 14.7 Å². The number of rotatable bonds is 21. The van der Waals surface area contributed by atoms with E-state index in [0.717, 1.165) is 57.8 Å². The number of aliphatic hydroxyl groups excluding tert-OH is 2. The van der Waals surface area contributed by atoms with E-state index in [4.69, 9.17) is 14.9 Å². The number of aliphatic hydroxyl groups is 2. The van der Waals surface area contributed by atoms with E-state index in [0.29, 0.717) is 6.42 Å². The number of esters is 1. The van der Waals surface area contributed by atoms with Crippen molar-refractivity contribution in [1.29, 1.82) is 0 Å². The summed E-state index contributed by atoms with van der Waals surface area (Å²) in [7, 11) is 0. The molecule has 0 aliphatic carbocycles. The predicted molar refractivity (Wildman–Crippen MR) is 115 cm³/mol. The molecule has 0 fully saturated rings. The molecule has 0 heterocycles. The first-order chi connectivity index (χ1) is 14.0. The zero-order chi connectivity index (χ0) is 21.7. The van der Waals surface area contributed by atoms with Crippen molar-refractivity contribution in [3.05, 3.63) is 0 Å². The quantitative estimate of drug-likeness (QED) is 0.183. The molecule has 172 valence electrons. The van der Waals surface area contributed by atoms with Crippen LogP contribution in [0.3, 0.4) is 0 Å². The van der Waals surface area contributed by atoms with Crippen LogP contribution in [0.2, 0.25) is 0 Å². The van der Waals surface area contributed by atoms with Crippen LogP contribution in [-0.4, -0.2) is 46.6 Å². The average molecular weight is 417 g/mol. The number of unbranched alkanes of at least 4 members (excludes halogenated alkanes) is 11. The minimum absolute atomic E-state index is 0.0954. The van der Waals surface area contributed by atoms with Crippen LogP contribution in [0.25, 0.3) is 0 Å². The van der Waals surface area contributed by atoms with Gasteiger partial charge in [-0.1, -0.05) is 84.0 Å². The van der Waals surface area contributed by atoms with Crippen molar-refractivity contribution in [2.45, 2.75) is 116 Å². The Morgan fingerprint density at radius 2 is 1.28 bits per heavy atom. The molecule has 0 aromatic rings. The van der Waals surface area contributed by atoms with Gasteiger partial charge in [-0.3, -0.25) is 9.59 Å². The molecule has 3 N–H and O–H groups in total. The summed E-state index contributed by atoms with van der Waals surface area (Å²) in [6, 6.07) is 0. The Morgan fingerprint density at radius 3 is 1.76 bits per heavy atom. The molecule has 0 bridgehead atoms. The third kappa shape index (κ3) is 18.6. The minimum atomic E-state index is -0.990. The van der Waals surface area contributed by atoms with Crippen molar-refractivity contribution in [1.82, 2.24) is 0 Å². The third-order valence-corrected chi connectivity index (χ3v) is 5.31. The Morgan fingerprint density at radius 1 is 0.793 bits per heavy atom. The molecule has 29 heavy (non-hydrogen) atoms. The summed E-state index contributed by atoms with van der Waals surface area (Å²) < 4.78 is 5.15. The molecule has 0 aromatic carbocycles. The molecule has 0 aromatic heterocycles.